The summed E-state index contributed by atoms with van der Waals surface area (Å²) in [5, 5.41) is 8.53. The van der Waals surface area contributed by atoms with Crippen molar-refractivity contribution in [2.45, 2.75) is 52.6 Å². The minimum atomic E-state index is -0.303. The van der Waals surface area contributed by atoms with Crippen molar-refractivity contribution in [3.63, 3.8) is 0 Å². The largest absolute Gasteiger partial charge is 0.361 e. The fourth-order valence-corrected chi connectivity index (χ4v) is 3.26. The molecule has 0 saturated carbocycles. The normalized spacial score (nSPS) is 19.6. The zero-order valence-corrected chi connectivity index (χ0v) is 13.5. The average molecular weight is 302 g/mol. The molecule has 6 nitrogen and oxygen atoms in total. The average Bonchev–Trinajstić information content (AvgIpc) is 3.17. The fraction of sp³-hybridized carbons (Fsp3) is 0.562. The van der Waals surface area contributed by atoms with Gasteiger partial charge in [-0.25, -0.2) is 0 Å². The lowest BCUT2D eigenvalue weighted by atomic mass is 10.1. The van der Waals surface area contributed by atoms with E-state index in [1.54, 1.807) is 4.68 Å². The van der Waals surface area contributed by atoms with Crippen LogP contribution in [0.15, 0.2) is 16.7 Å². The Morgan fingerprint density at radius 1 is 1.36 bits per heavy atom. The van der Waals surface area contributed by atoms with Gasteiger partial charge in [-0.3, -0.25) is 9.48 Å². The molecule has 0 bridgehead atoms. The van der Waals surface area contributed by atoms with E-state index in [-0.39, 0.29) is 18.0 Å². The molecule has 0 aromatic carbocycles. The minimum Gasteiger partial charge on any atom is -0.361 e. The Morgan fingerprint density at radius 2 is 2.14 bits per heavy atom. The predicted octanol–water partition coefficient (Wildman–Crippen LogP) is 2.72. The number of nitrogens with zero attached hydrogens (tertiary/aromatic N) is 4. The van der Waals surface area contributed by atoms with Crippen molar-refractivity contribution in [1.82, 2.24) is 19.8 Å². The van der Waals surface area contributed by atoms with Gasteiger partial charge in [0.2, 0.25) is 5.91 Å². The number of aromatic nitrogens is 3. The number of amides is 1. The number of carbonyl (C=O) groups is 1. The number of likely N-dealkylation sites (tertiary alicyclic amines) is 1. The molecule has 1 saturated heterocycles. The second kappa shape index (κ2) is 5.59. The Kier molecular flexibility index (Phi) is 3.76. The summed E-state index contributed by atoms with van der Waals surface area (Å²) in [6, 6.07) is 3.63. The molecule has 3 heterocycles. The van der Waals surface area contributed by atoms with E-state index in [2.05, 4.69) is 10.3 Å². The number of hydrogen-bond acceptors (Lipinski definition) is 4. The highest BCUT2D eigenvalue weighted by Crippen LogP contribution is 2.33. The highest BCUT2D eigenvalue weighted by molar-refractivity contribution is 5.80. The molecule has 2 atom stereocenters. The molecule has 6 heteroatoms. The van der Waals surface area contributed by atoms with E-state index in [1.165, 1.54) is 0 Å². The monoisotopic (exact) mass is 302 g/mol. The molecule has 1 amide bonds. The zero-order chi connectivity index (χ0) is 15.9. The van der Waals surface area contributed by atoms with E-state index in [1.807, 2.05) is 44.7 Å². The Hall–Kier alpha value is -2.11. The van der Waals surface area contributed by atoms with Gasteiger partial charge in [0.1, 0.15) is 17.5 Å². The first kappa shape index (κ1) is 14.8. The second-order valence-corrected chi connectivity index (χ2v) is 6.10. The fourth-order valence-electron chi connectivity index (χ4n) is 3.26. The first-order valence-corrected chi connectivity index (χ1v) is 7.74. The minimum absolute atomic E-state index is 0.0179. The highest BCUT2D eigenvalue weighted by Gasteiger charge is 2.35. The van der Waals surface area contributed by atoms with Crippen molar-refractivity contribution in [3.8, 4) is 0 Å². The van der Waals surface area contributed by atoms with Gasteiger partial charge < -0.3 is 9.42 Å². The molecule has 2 aromatic heterocycles. The quantitative estimate of drug-likeness (QED) is 0.874. The van der Waals surface area contributed by atoms with E-state index >= 15 is 0 Å². The predicted molar refractivity (Wildman–Crippen MR) is 81.3 cm³/mol. The van der Waals surface area contributed by atoms with Gasteiger partial charge in [-0.05, 0) is 46.6 Å². The van der Waals surface area contributed by atoms with E-state index in [0.29, 0.717) is 0 Å². The van der Waals surface area contributed by atoms with Gasteiger partial charge in [-0.1, -0.05) is 5.16 Å². The molecule has 118 valence electrons. The lowest BCUT2D eigenvalue weighted by Crippen LogP contribution is -2.36. The van der Waals surface area contributed by atoms with Crippen LogP contribution in [0.5, 0.6) is 0 Å². The topological polar surface area (TPSA) is 64.2 Å². The molecular weight excluding hydrogens is 280 g/mol. The van der Waals surface area contributed by atoms with Gasteiger partial charge in [-0.2, -0.15) is 5.10 Å². The second-order valence-electron chi connectivity index (χ2n) is 6.10. The number of carbonyl (C=O) groups excluding carboxylic acids is 1. The summed E-state index contributed by atoms with van der Waals surface area (Å²) < 4.78 is 6.97. The highest BCUT2D eigenvalue weighted by atomic mass is 16.5. The Labute approximate surface area is 130 Å². The molecule has 22 heavy (non-hydrogen) atoms. The van der Waals surface area contributed by atoms with E-state index in [9.17, 15) is 4.79 Å². The standard InChI is InChI=1S/C16H22N4O2/c1-10-8-11(2)20(17-10)13(4)16(21)19-7-5-6-15(19)14-9-12(3)22-18-14/h8-9,13,15H,5-7H2,1-4H3. The summed E-state index contributed by atoms with van der Waals surface area (Å²) in [5.41, 5.74) is 2.79. The van der Waals surface area contributed by atoms with Crippen LogP contribution < -0.4 is 0 Å². The SMILES string of the molecule is Cc1cc(C)n(C(C)C(=O)N2CCCC2c2cc(C)on2)n1. The number of rotatable bonds is 3. The molecule has 0 spiro atoms. The van der Waals surface area contributed by atoms with Crippen molar-refractivity contribution in [2.24, 2.45) is 0 Å². The van der Waals surface area contributed by atoms with Crippen molar-refractivity contribution >= 4 is 5.91 Å². The van der Waals surface area contributed by atoms with E-state index in [4.69, 9.17) is 4.52 Å². The lowest BCUT2D eigenvalue weighted by Gasteiger charge is -2.26. The van der Waals surface area contributed by atoms with Crippen LogP contribution in [0.4, 0.5) is 0 Å². The van der Waals surface area contributed by atoms with Gasteiger partial charge in [-0.15, -0.1) is 0 Å². The molecule has 2 aromatic rings. The van der Waals surface area contributed by atoms with Crippen LogP contribution in [0, 0.1) is 20.8 Å². The molecule has 1 fully saturated rings. The maximum Gasteiger partial charge on any atom is 0.247 e. The van der Waals surface area contributed by atoms with Crippen LogP contribution >= 0.6 is 0 Å². The maximum absolute atomic E-state index is 12.9. The van der Waals surface area contributed by atoms with Crippen LogP contribution in [0.2, 0.25) is 0 Å². The Morgan fingerprint density at radius 3 is 2.73 bits per heavy atom. The Bertz CT molecular complexity index is 688. The number of aryl methyl sites for hydroxylation is 3. The maximum atomic E-state index is 12.9. The summed E-state index contributed by atoms with van der Waals surface area (Å²) in [4.78, 5) is 14.8. The van der Waals surface area contributed by atoms with Crippen molar-refractivity contribution in [3.05, 3.63) is 35.0 Å². The molecule has 0 N–H and O–H groups in total. The summed E-state index contributed by atoms with van der Waals surface area (Å²) >= 11 is 0. The van der Waals surface area contributed by atoms with Gasteiger partial charge in [0, 0.05) is 18.3 Å². The summed E-state index contributed by atoms with van der Waals surface area (Å²) in [5.74, 6) is 0.871. The molecule has 2 unspecified atom stereocenters. The van der Waals surface area contributed by atoms with Crippen molar-refractivity contribution in [2.75, 3.05) is 6.54 Å². The summed E-state index contributed by atoms with van der Waals surface area (Å²) in [7, 11) is 0. The third kappa shape index (κ3) is 2.53. The van der Waals surface area contributed by atoms with Gasteiger partial charge in [0.05, 0.1) is 11.7 Å². The van der Waals surface area contributed by atoms with Gasteiger partial charge in [0.25, 0.3) is 0 Å². The van der Waals surface area contributed by atoms with Crippen LogP contribution in [-0.4, -0.2) is 32.3 Å². The molecule has 1 aliphatic rings. The van der Waals surface area contributed by atoms with E-state index in [0.717, 1.165) is 42.2 Å². The van der Waals surface area contributed by atoms with Crippen LogP contribution in [0.3, 0.4) is 0 Å². The first-order chi connectivity index (χ1) is 10.5. The lowest BCUT2D eigenvalue weighted by molar-refractivity contribution is -0.135. The molecule has 3 rings (SSSR count). The van der Waals surface area contributed by atoms with E-state index < -0.39 is 0 Å². The zero-order valence-electron chi connectivity index (χ0n) is 13.5. The third-order valence-electron chi connectivity index (χ3n) is 4.29. The van der Waals surface area contributed by atoms with Gasteiger partial charge in [0.15, 0.2) is 0 Å². The molecular formula is C16H22N4O2. The first-order valence-electron chi connectivity index (χ1n) is 7.74. The Balaban J connectivity index is 1.83. The molecule has 1 aliphatic heterocycles. The summed E-state index contributed by atoms with van der Waals surface area (Å²) in [6.45, 7) is 8.46. The summed E-state index contributed by atoms with van der Waals surface area (Å²) in [6.07, 6.45) is 1.92. The third-order valence-corrected chi connectivity index (χ3v) is 4.29. The smallest absolute Gasteiger partial charge is 0.247 e. The number of hydrogen-bond donors (Lipinski definition) is 0. The van der Waals surface area contributed by atoms with Crippen LogP contribution in [0.25, 0.3) is 0 Å². The van der Waals surface area contributed by atoms with Crippen LogP contribution in [-0.2, 0) is 4.79 Å². The molecule has 0 aliphatic carbocycles. The van der Waals surface area contributed by atoms with Crippen molar-refractivity contribution < 1.29 is 9.32 Å². The molecule has 0 radical (unpaired) electrons. The van der Waals surface area contributed by atoms with Crippen LogP contribution in [0.1, 0.15) is 54.7 Å². The van der Waals surface area contributed by atoms with Crippen molar-refractivity contribution in [1.29, 1.82) is 0 Å². The van der Waals surface area contributed by atoms with Gasteiger partial charge >= 0.3 is 0 Å².